The van der Waals surface area contributed by atoms with E-state index in [1.807, 2.05) is 0 Å². The smallest absolute Gasteiger partial charge is 0.0631 e. The molecule has 20 heavy (non-hydrogen) atoms. The van der Waals surface area contributed by atoms with Crippen LogP contribution in [-0.2, 0) is 6.54 Å². The van der Waals surface area contributed by atoms with Crippen molar-refractivity contribution < 1.29 is 0 Å². The first kappa shape index (κ1) is 15.6. The Morgan fingerprint density at radius 1 is 1.20 bits per heavy atom. The number of hydrogen-bond donors (Lipinski definition) is 1. The normalized spacial score (nSPS) is 24.7. The zero-order valence-electron chi connectivity index (χ0n) is 14.1. The molecule has 3 nitrogen and oxygen atoms in total. The predicted molar refractivity (Wildman–Crippen MR) is 85.2 cm³/mol. The molecule has 0 radical (unpaired) electrons. The Morgan fingerprint density at radius 3 is 2.30 bits per heavy atom. The Kier molecular flexibility index (Phi) is 4.58. The third kappa shape index (κ3) is 2.11. The molecule has 0 aliphatic heterocycles. The molecule has 1 heterocycles. The molecule has 2 unspecified atom stereocenters. The maximum atomic E-state index is 4.73. The van der Waals surface area contributed by atoms with Crippen molar-refractivity contribution in [2.24, 2.45) is 5.41 Å². The minimum absolute atomic E-state index is 0.424. The van der Waals surface area contributed by atoms with Gasteiger partial charge in [0.25, 0.3) is 0 Å². The largest absolute Gasteiger partial charge is 0.314 e. The van der Waals surface area contributed by atoms with Crippen molar-refractivity contribution in [3.05, 3.63) is 17.0 Å². The summed E-state index contributed by atoms with van der Waals surface area (Å²) in [6.07, 6.45) is 3.77. The maximum absolute atomic E-state index is 4.73. The minimum atomic E-state index is 0.424. The van der Waals surface area contributed by atoms with Crippen LogP contribution >= 0.6 is 0 Å². The van der Waals surface area contributed by atoms with E-state index in [1.165, 1.54) is 36.2 Å². The Morgan fingerprint density at radius 2 is 1.85 bits per heavy atom. The number of rotatable bonds is 6. The Balaban J connectivity index is 2.36. The highest BCUT2D eigenvalue weighted by Crippen LogP contribution is 2.58. The van der Waals surface area contributed by atoms with Crippen molar-refractivity contribution in [3.63, 3.8) is 0 Å². The second-order valence-electron chi connectivity index (χ2n) is 6.24. The van der Waals surface area contributed by atoms with Gasteiger partial charge in [-0.2, -0.15) is 5.10 Å². The SMILES string of the molecule is CCNC1CC(c2c(C)nn(CC)c2C)C1(CC)CC. The first-order valence-electron chi connectivity index (χ1n) is 8.32. The lowest BCUT2D eigenvalue weighted by molar-refractivity contribution is 0.0203. The third-order valence-corrected chi connectivity index (χ3v) is 5.71. The van der Waals surface area contributed by atoms with Crippen LogP contribution in [0.4, 0.5) is 0 Å². The van der Waals surface area contributed by atoms with Crippen molar-refractivity contribution in [1.82, 2.24) is 15.1 Å². The van der Waals surface area contributed by atoms with Crippen LogP contribution in [0.3, 0.4) is 0 Å². The second kappa shape index (κ2) is 5.88. The Labute approximate surface area is 124 Å². The van der Waals surface area contributed by atoms with Crippen LogP contribution in [0.2, 0.25) is 0 Å². The highest BCUT2D eigenvalue weighted by Gasteiger charge is 2.53. The molecule has 1 aromatic rings. The lowest BCUT2D eigenvalue weighted by Gasteiger charge is -2.56. The highest BCUT2D eigenvalue weighted by atomic mass is 15.3. The molecular formula is C17H31N3. The molecule has 1 aliphatic carbocycles. The van der Waals surface area contributed by atoms with Gasteiger partial charge in [0.15, 0.2) is 0 Å². The molecule has 0 spiro atoms. The van der Waals surface area contributed by atoms with E-state index in [1.54, 1.807) is 0 Å². The standard InChI is InChI=1S/C17H31N3/c1-7-17(8-2)14(11-15(17)18-9-3)16-12(5)19-20(10-4)13(16)6/h14-15,18H,7-11H2,1-6H3. The summed E-state index contributed by atoms with van der Waals surface area (Å²) in [5.41, 5.74) is 4.59. The van der Waals surface area contributed by atoms with Gasteiger partial charge in [0, 0.05) is 18.3 Å². The first-order chi connectivity index (χ1) is 9.55. The minimum Gasteiger partial charge on any atom is -0.314 e. The van der Waals surface area contributed by atoms with Gasteiger partial charge in [-0.3, -0.25) is 4.68 Å². The van der Waals surface area contributed by atoms with Gasteiger partial charge in [-0.1, -0.05) is 20.8 Å². The molecule has 114 valence electrons. The summed E-state index contributed by atoms with van der Waals surface area (Å²) in [5, 5.41) is 8.44. The molecular weight excluding hydrogens is 246 g/mol. The molecule has 0 aromatic carbocycles. The molecule has 1 aliphatic rings. The van der Waals surface area contributed by atoms with Crippen LogP contribution in [0, 0.1) is 19.3 Å². The van der Waals surface area contributed by atoms with E-state index < -0.39 is 0 Å². The highest BCUT2D eigenvalue weighted by molar-refractivity contribution is 5.35. The second-order valence-corrected chi connectivity index (χ2v) is 6.24. The van der Waals surface area contributed by atoms with Gasteiger partial charge < -0.3 is 5.32 Å². The summed E-state index contributed by atoms with van der Waals surface area (Å²) in [4.78, 5) is 0. The van der Waals surface area contributed by atoms with Crippen LogP contribution in [0.15, 0.2) is 0 Å². The van der Waals surface area contributed by atoms with Gasteiger partial charge in [-0.05, 0) is 63.5 Å². The topological polar surface area (TPSA) is 29.9 Å². The zero-order chi connectivity index (χ0) is 14.9. The lowest BCUT2D eigenvalue weighted by atomic mass is 9.51. The van der Waals surface area contributed by atoms with E-state index in [0.717, 1.165) is 13.1 Å². The van der Waals surface area contributed by atoms with Gasteiger partial charge in [-0.15, -0.1) is 0 Å². The molecule has 0 amide bonds. The lowest BCUT2D eigenvalue weighted by Crippen LogP contribution is -2.58. The molecule has 0 saturated heterocycles. The number of aryl methyl sites for hydroxylation is 2. The van der Waals surface area contributed by atoms with Gasteiger partial charge in [0.2, 0.25) is 0 Å². The maximum Gasteiger partial charge on any atom is 0.0631 e. The Bertz CT molecular complexity index is 457. The van der Waals surface area contributed by atoms with Crippen LogP contribution in [0.25, 0.3) is 0 Å². The molecule has 3 heteroatoms. The number of aromatic nitrogens is 2. The van der Waals surface area contributed by atoms with E-state index in [2.05, 4.69) is 51.5 Å². The van der Waals surface area contributed by atoms with Gasteiger partial charge >= 0.3 is 0 Å². The molecule has 2 rings (SSSR count). The number of nitrogens with zero attached hydrogens (tertiary/aromatic N) is 2. The number of hydrogen-bond acceptors (Lipinski definition) is 2. The molecule has 1 aromatic heterocycles. The van der Waals surface area contributed by atoms with E-state index in [4.69, 9.17) is 5.10 Å². The monoisotopic (exact) mass is 277 g/mol. The van der Waals surface area contributed by atoms with Crippen molar-refractivity contribution in [1.29, 1.82) is 0 Å². The van der Waals surface area contributed by atoms with Crippen LogP contribution in [0.1, 0.15) is 69.8 Å². The quantitative estimate of drug-likeness (QED) is 0.857. The first-order valence-corrected chi connectivity index (χ1v) is 8.32. The van der Waals surface area contributed by atoms with Crippen LogP contribution in [0.5, 0.6) is 0 Å². The van der Waals surface area contributed by atoms with Gasteiger partial charge in [0.05, 0.1) is 5.69 Å². The van der Waals surface area contributed by atoms with Crippen molar-refractivity contribution >= 4 is 0 Å². The van der Waals surface area contributed by atoms with Crippen molar-refractivity contribution in [2.75, 3.05) is 6.54 Å². The fraction of sp³-hybridized carbons (Fsp3) is 0.824. The summed E-state index contributed by atoms with van der Waals surface area (Å²) in [6, 6.07) is 0.677. The third-order valence-electron chi connectivity index (χ3n) is 5.71. The Hall–Kier alpha value is -0.830. The summed E-state index contributed by atoms with van der Waals surface area (Å²) in [6.45, 7) is 15.6. The van der Waals surface area contributed by atoms with Gasteiger partial charge in [0.1, 0.15) is 0 Å². The van der Waals surface area contributed by atoms with E-state index >= 15 is 0 Å². The summed E-state index contributed by atoms with van der Waals surface area (Å²) in [5.74, 6) is 0.682. The average molecular weight is 277 g/mol. The molecule has 1 N–H and O–H groups in total. The average Bonchev–Trinajstić information content (AvgIpc) is 2.71. The fourth-order valence-electron chi connectivity index (χ4n) is 4.48. The summed E-state index contributed by atoms with van der Waals surface area (Å²) >= 11 is 0. The van der Waals surface area contributed by atoms with Crippen LogP contribution in [-0.4, -0.2) is 22.4 Å². The van der Waals surface area contributed by atoms with Gasteiger partial charge in [-0.25, -0.2) is 0 Å². The van der Waals surface area contributed by atoms with Crippen molar-refractivity contribution in [2.45, 2.75) is 79.3 Å². The summed E-state index contributed by atoms with van der Waals surface area (Å²) in [7, 11) is 0. The molecule has 1 saturated carbocycles. The summed E-state index contributed by atoms with van der Waals surface area (Å²) < 4.78 is 2.17. The molecule has 0 bridgehead atoms. The molecule has 2 atom stereocenters. The van der Waals surface area contributed by atoms with E-state index in [-0.39, 0.29) is 0 Å². The van der Waals surface area contributed by atoms with Crippen molar-refractivity contribution in [3.8, 4) is 0 Å². The van der Waals surface area contributed by atoms with Crippen LogP contribution < -0.4 is 5.32 Å². The molecule has 1 fully saturated rings. The predicted octanol–water partition coefficient (Wildman–Crippen LogP) is 3.79. The van der Waals surface area contributed by atoms with E-state index in [0.29, 0.717) is 17.4 Å². The fourth-order valence-corrected chi connectivity index (χ4v) is 4.48. The number of nitrogens with one attached hydrogen (secondary N) is 1. The van der Waals surface area contributed by atoms with E-state index in [9.17, 15) is 0 Å². The zero-order valence-corrected chi connectivity index (χ0v) is 14.1.